The molecule has 3 rings (SSSR count). The van der Waals surface area contributed by atoms with Crippen LogP contribution in [-0.4, -0.2) is 42.6 Å². The van der Waals surface area contributed by atoms with Crippen molar-refractivity contribution >= 4 is 34.2 Å². The Morgan fingerprint density at radius 2 is 1.74 bits per heavy atom. The summed E-state index contributed by atoms with van der Waals surface area (Å²) in [6, 6.07) is 10.8. The fourth-order valence-electron chi connectivity index (χ4n) is 2.87. The van der Waals surface area contributed by atoms with Gasteiger partial charge in [0, 0.05) is 5.39 Å². The lowest BCUT2D eigenvalue weighted by atomic mass is 10.1. The number of benzene rings is 2. The molecule has 0 bridgehead atoms. The Kier molecular flexibility index (Phi) is 6.29. The van der Waals surface area contributed by atoms with Crippen LogP contribution < -0.4 is 14.8 Å². The van der Waals surface area contributed by atoms with Gasteiger partial charge in [0.25, 0.3) is 11.6 Å². The van der Waals surface area contributed by atoms with Crippen LogP contribution in [0.5, 0.6) is 11.5 Å². The van der Waals surface area contributed by atoms with Gasteiger partial charge in [0.2, 0.25) is 0 Å². The number of aromatic nitrogens is 1. The molecule has 0 saturated heterocycles. The molecule has 1 amide bonds. The Labute approximate surface area is 176 Å². The van der Waals surface area contributed by atoms with Crippen molar-refractivity contribution in [1.29, 1.82) is 0 Å². The lowest BCUT2D eigenvalue weighted by molar-refractivity contribution is -0.384. The lowest BCUT2D eigenvalue weighted by Gasteiger charge is -2.10. The van der Waals surface area contributed by atoms with E-state index in [2.05, 4.69) is 10.3 Å². The molecular formula is C21H19N3O7. The highest BCUT2D eigenvalue weighted by atomic mass is 16.6. The fourth-order valence-corrected chi connectivity index (χ4v) is 2.87. The molecule has 0 unspecified atom stereocenters. The lowest BCUT2D eigenvalue weighted by Crippen LogP contribution is -2.22. The first-order valence-electron chi connectivity index (χ1n) is 9.07. The number of fused-ring (bicyclic) bond motifs is 1. The van der Waals surface area contributed by atoms with Gasteiger partial charge < -0.3 is 19.5 Å². The van der Waals surface area contributed by atoms with Crippen LogP contribution in [0.4, 0.5) is 11.4 Å². The summed E-state index contributed by atoms with van der Waals surface area (Å²) in [7, 11) is 2.90. The molecule has 0 aliphatic heterocycles. The van der Waals surface area contributed by atoms with Crippen molar-refractivity contribution in [3.8, 4) is 11.5 Å². The summed E-state index contributed by atoms with van der Waals surface area (Å²) in [4.78, 5) is 39.6. The minimum atomic E-state index is -0.742. The largest absolute Gasteiger partial charge is 0.497 e. The number of amides is 1. The first-order valence-corrected chi connectivity index (χ1v) is 9.07. The molecule has 160 valence electrons. The molecule has 0 aliphatic carbocycles. The average molecular weight is 425 g/mol. The van der Waals surface area contributed by atoms with Crippen LogP contribution in [0.3, 0.4) is 0 Å². The zero-order chi connectivity index (χ0) is 22.5. The van der Waals surface area contributed by atoms with Crippen molar-refractivity contribution in [2.45, 2.75) is 6.92 Å². The molecular weight excluding hydrogens is 406 g/mol. The number of carbonyl (C=O) groups is 2. The molecule has 0 aliphatic rings. The third kappa shape index (κ3) is 4.86. The van der Waals surface area contributed by atoms with Crippen LogP contribution in [0.15, 0.2) is 42.5 Å². The SMILES string of the molecule is COc1ccc(NC(=O)COC(=O)c2cc3cc(OC)ccc3nc2C)c([N+](=O)[O-])c1. The summed E-state index contributed by atoms with van der Waals surface area (Å²) >= 11 is 0. The molecule has 31 heavy (non-hydrogen) atoms. The maximum atomic E-state index is 12.5. The maximum absolute atomic E-state index is 12.5. The number of pyridine rings is 1. The topological polar surface area (TPSA) is 130 Å². The van der Waals surface area contributed by atoms with Crippen molar-refractivity contribution < 1.29 is 28.7 Å². The molecule has 2 aromatic carbocycles. The Morgan fingerprint density at radius 3 is 2.42 bits per heavy atom. The first-order chi connectivity index (χ1) is 14.8. The number of nitro benzene ring substituents is 1. The molecule has 0 radical (unpaired) electrons. The number of hydrogen-bond acceptors (Lipinski definition) is 8. The van der Waals surface area contributed by atoms with E-state index in [9.17, 15) is 19.7 Å². The standard InChI is InChI=1S/C21H19N3O7/c1-12-16(9-13-8-14(29-2)4-6-17(13)22-12)21(26)31-11-20(25)23-18-7-5-15(30-3)10-19(18)24(27)28/h4-10H,11H2,1-3H3,(H,23,25). The Bertz CT molecular complexity index is 1180. The molecule has 0 saturated carbocycles. The van der Waals surface area contributed by atoms with E-state index in [4.69, 9.17) is 14.2 Å². The van der Waals surface area contributed by atoms with E-state index in [-0.39, 0.29) is 22.7 Å². The van der Waals surface area contributed by atoms with Gasteiger partial charge in [0.1, 0.15) is 17.2 Å². The second-order valence-corrected chi connectivity index (χ2v) is 6.44. The first kappa shape index (κ1) is 21.5. The van der Waals surface area contributed by atoms with E-state index in [1.54, 1.807) is 31.2 Å². The summed E-state index contributed by atoms with van der Waals surface area (Å²) < 4.78 is 15.2. The Morgan fingerprint density at radius 1 is 1.06 bits per heavy atom. The molecule has 3 aromatic rings. The highest BCUT2D eigenvalue weighted by Crippen LogP contribution is 2.29. The number of nitrogens with one attached hydrogen (secondary N) is 1. The summed E-state index contributed by atoms with van der Waals surface area (Å²) in [5, 5.41) is 14.3. The number of ether oxygens (including phenoxy) is 3. The second-order valence-electron chi connectivity index (χ2n) is 6.44. The van der Waals surface area contributed by atoms with Crippen molar-refractivity contribution in [1.82, 2.24) is 4.98 Å². The fraction of sp³-hybridized carbons (Fsp3) is 0.190. The zero-order valence-corrected chi connectivity index (χ0v) is 17.0. The number of rotatable bonds is 7. The number of aryl methyl sites for hydroxylation is 1. The molecule has 0 fully saturated rings. The van der Waals surface area contributed by atoms with E-state index >= 15 is 0 Å². The van der Waals surface area contributed by atoms with Crippen molar-refractivity contribution in [3.63, 3.8) is 0 Å². The minimum absolute atomic E-state index is 0.0394. The molecule has 10 nitrogen and oxygen atoms in total. The Balaban J connectivity index is 1.71. The van der Waals surface area contributed by atoms with E-state index in [1.165, 1.54) is 32.4 Å². The van der Waals surface area contributed by atoms with Gasteiger partial charge in [-0.05, 0) is 43.3 Å². The van der Waals surface area contributed by atoms with Gasteiger partial charge in [-0.2, -0.15) is 0 Å². The number of methoxy groups -OCH3 is 2. The highest BCUT2D eigenvalue weighted by Gasteiger charge is 2.19. The molecule has 1 heterocycles. The van der Waals surface area contributed by atoms with Crippen LogP contribution in [0.1, 0.15) is 16.1 Å². The molecule has 1 aromatic heterocycles. The van der Waals surface area contributed by atoms with Crippen LogP contribution >= 0.6 is 0 Å². The number of carbonyl (C=O) groups excluding carboxylic acids is 2. The Hall–Kier alpha value is -4.21. The summed E-state index contributed by atoms with van der Waals surface area (Å²) in [6.07, 6.45) is 0. The van der Waals surface area contributed by atoms with Gasteiger partial charge in [-0.1, -0.05) is 0 Å². The van der Waals surface area contributed by atoms with Gasteiger partial charge in [0.05, 0.1) is 42.0 Å². The van der Waals surface area contributed by atoms with Gasteiger partial charge in [-0.15, -0.1) is 0 Å². The van der Waals surface area contributed by atoms with E-state index < -0.39 is 23.4 Å². The molecule has 10 heteroatoms. The van der Waals surface area contributed by atoms with Gasteiger partial charge in [-0.25, -0.2) is 4.79 Å². The van der Waals surface area contributed by atoms with E-state index in [0.717, 1.165) is 0 Å². The highest BCUT2D eigenvalue weighted by molar-refractivity contribution is 5.99. The van der Waals surface area contributed by atoms with Gasteiger partial charge in [0.15, 0.2) is 6.61 Å². The number of nitrogens with zero attached hydrogens (tertiary/aromatic N) is 2. The summed E-state index contributed by atoms with van der Waals surface area (Å²) in [5.41, 5.74) is 0.933. The normalized spacial score (nSPS) is 10.4. The number of nitro groups is 1. The van der Waals surface area contributed by atoms with E-state index in [0.29, 0.717) is 22.3 Å². The molecule has 0 atom stereocenters. The van der Waals surface area contributed by atoms with Crippen LogP contribution in [0, 0.1) is 17.0 Å². The number of anilines is 1. The summed E-state index contributed by atoms with van der Waals surface area (Å²) in [6.45, 7) is 1.03. The quantitative estimate of drug-likeness (QED) is 0.347. The third-order valence-corrected chi connectivity index (χ3v) is 4.44. The summed E-state index contributed by atoms with van der Waals surface area (Å²) in [5.74, 6) is -0.589. The van der Waals surface area contributed by atoms with Crippen LogP contribution in [0.2, 0.25) is 0 Å². The number of hydrogen-bond donors (Lipinski definition) is 1. The van der Waals surface area contributed by atoms with Gasteiger partial charge in [-0.3, -0.25) is 19.9 Å². The molecule has 1 N–H and O–H groups in total. The third-order valence-electron chi connectivity index (χ3n) is 4.44. The zero-order valence-electron chi connectivity index (χ0n) is 17.0. The van der Waals surface area contributed by atoms with Crippen molar-refractivity contribution in [2.24, 2.45) is 0 Å². The predicted octanol–water partition coefficient (Wildman–Crippen LogP) is 3.26. The van der Waals surface area contributed by atoms with Crippen LogP contribution in [-0.2, 0) is 9.53 Å². The molecule has 0 spiro atoms. The number of esters is 1. The van der Waals surface area contributed by atoms with E-state index in [1.807, 2.05) is 0 Å². The van der Waals surface area contributed by atoms with Gasteiger partial charge >= 0.3 is 5.97 Å². The minimum Gasteiger partial charge on any atom is -0.497 e. The van der Waals surface area contributed by atoms with Crippen molar-refractivity contribution in [3.05, 3.63) is 63.8 Å². The monoisotopic (exact) mass is 425 g/mol. The van der Waals surface area contributed by atoms with Crippen LogP contribution in [0.25, 0.3) is 10.9 Å². The average Bonchev–Trinajstić information content (AvgIpc) is 2.76. The smallest absolute Gasteiger partial charge is 0.340 e. The van der Waals surface area contributed by atoms with Crippen molar-refractivity contribution in [2.75, 3.05) is 26.1 Å². The predicted molar refractivity (Wildman–Crippen MR) is 112 cm³/mol. The maximum Gasteiger partial charge on any atom is 0.340 e. The second kappa shape index (κ2) is 9.08.